The minimum absolute atomic E-state index is 0.130. The van der Waals surface area contributed by atoms with Crippen LogP contribution >= 0.6 is 15.9 Å². The molecule has 0 radical (unpaired) electrons. The van der Waals surface area contributed by atoms with E-state index in [1.807, 2.05) is 26.0 Å². The molecule has 1 amide bonds. The molecule has 0 spiro atoms. The van der Waals surface area contributed by atoms with Crippen LogP contribution in [0, 0.1) is 13.8 Å². The van der Waals surface area contributed by atoms with Crippen molar-refractivity contribution in [3.63, 3.8) is 0 Å². The number of phenols is 1. The number of ether oxygens (including phenoxy) is 1. The lowest BCUT2D eigenvalue weighted by Gasteiger charge is -2.11. The van der Waals surface area contributed by atoms with E-state index in [9.17, 15) is 9.90 Å². The van der Waals surface area contributed by atoms with Gasteiger partial charge in [0.2, 0.25) is 0 Å². The van der Waals surface area contributed by atoms with E-state index < -0.39 is 0 Å². The lowest BCUT2D eigenvalue weighted by Crippen LogP contribution is -2.24. The van der Waals surface area contributed by atoms with Crippen molar-refractivity contribution < 1.29 is 14.6 Å². The number of hydrazone groups is 1. The summed E-state index contributed by atoms with van der Waals surface area (Å²) in [7, 11) is 0. The Morgan fingerprint density at radius 3 is 2.65 bits per heavy atom. The summed E-state index contributed by atoms with van der Waals surface area (Å²) in [5.41, 5.74) is 5.23. The minimum Gasteiger partial charge on any atom is -0.508 e. The highest BCUT2D eigenvalue weighted by Gasteiger charge is 2.08. The number of amides is 1. The number of carbonyl (C=O) groups is 1. The summed E-state index contributed by atoms with van der Waals surface area (Å²) in [6.07, 6.45) is 1.49. The van der Waals surface area contributed by atoms with E-state index in [0.717, 1.165) is 21.2 Å². The van der Waals surface area contributed by atoms with E-state index in [1.54, 1.807) is 24.3 Å². The molecule has 2 N–H and O–H groups in total. The van der Waals surface area contributed by atoms with Gasteiger partial charge >= 0.3 is 0 Å². The molecule has 0 atom stereocenters. The number of nitrogens with one attached hydrogen (secondary N) is 1. The predicted molar refractivity (Wildman–Crippen MR) is 93.0 cm³/mol. The quantitative estimate of drug-likeness (QED) is 0.621. The molecule has 0 saturated heterocycles. The van der Waals surface area contributed by atoms with Crippen molar-refractivity contribution in [1.29, 1.82) is 0 Å². The second-order valence-corrected chi connectivity index (χ2v) is 5.92. The Kier molecular flexibility index (Phi) is 5.76. The van der Waals surface area contributed by atoms with Crippen LogP contribution in [0.4, 0.5) is 0 Å². The number of nitrogens with zero attached hydrogens (tertiary/aromatic N) is 1. The Balaban J connectivity index is 1.87. The molecule has 23 heavy (non-hydrogen) atoms. The fourth-order valence-corrected chi connectivity index (χ4v) is 2.78. The second-order valence-electron chi connectivity index (χ2n) is 5.07. The highest BCUT2D eigenvalue weighted by atomic mass is 79.9. The second kappa shape index (κ2) is 7.78. The average Bonchev–Trinajstić information content (AvgIpc) is 2.48. The van der Waals surface area contributed by atoms with Gasteiger partial charge in [0.1, 0.15) is 11.5 Å². The lowest BCUT2D eigenvalue weighted by molar-refractivity contribution is -0.123. The molecule has 0 aliphatic rings. The molecule has 0 saturated carbocycles. The molecule has 120 valence electrons. The summed E-state index contributed by atoms with van der Waals surface area (Å²) in [4.78, 5) is 11.7. The van der Waals surface area contributed by atoms with Crippen molar-refractivity contribution in [2.45, 2.75) is 13.8 Å². The van der Waals surface area contributed by atoms with E-state index in [1.165, 1.54) is 6.21 Å². The number of rotatable bonds is 5. The summed E-state index contributed by atoms with van der Waals surface area (Å²) in [5.74, 6) is 0.471. The van der Waals surface area contributed by atoms with Crippen LogP contribution in [0.5, 0.6) is 11.5 Å². The van der Waals surface area contributed by atoms with Crippen molar-refractivity contribution in [3.05, 3.63) is 57.6 Å². The standard InChI is InChI=1S/C17H17BrN2O3/c1-11-7-12(2)17(15(18)8-11)23-10-16(22)20-19-9-13-3-5-14(21)6-4-13/h3-9,21H,10H2,1-2H3,(H,20,22)/b19-9+. The molecule has 5 nitrogen and oxygen atoms in total. The number of phenolic OH excluding ortho intramolecular Hbond substituents is 1. The molecule has 0 aliphatic heterocycles. The van der Waals surface area contributed by atoms with Crippen LogP contribution in [-0.4, -0.2) is 23.8 Å². The molecular weight excluding hydrogens is 360 g/mol. The number of hydrogen-bond acceptors (Lipinski definition) is 4. The first-order valence-electron chi connectivity index (χ1n) is 6.96. The fraction of sp³-hybridized carbons (Fsp3) is 0.176. The van der Waals surface area contributed by atoms with Gasteiger partial charge in [0.25, 0.3) is 5.91 Å². The van der Waals surface area contributed by atoms with Crippen molar-refractivity contribution in [2.75, 3.05) is 6.61 Å². The van der Waals surface area contributed by atoms with Crippen LogP contribution in [-0.2, 0) is 4.79 Å². The Bertz CT molecular complexity index is 704. The van der Waals surface area contributed by atoms with Crippen molar-refractivity contribution in [1.82, 2.24) is 5.43 Å². The number of aromatic hydroxyl groups is 1. The van der Waals surface area contributed by atoms with E-state index in [4.69, 9.17) is 4.74 Å². The van der Waals surface area contributed by atoms with E-state index in [-0.39, 0.29) is 18.3 Å². The molecule has 0 heterocycles. The van der Waals surface area contributed by atoms with E-state index in [0.29, 0.717) is 5.75 Å². The maximum absolute atomic E-state index is 11.7. The van der Waals surface area contributed by atoms with Crippen LogP contribution < -0.4 is 10.2 Å². The number of hydrogen-bond donors (Lipinski definition) is 2. The van der Waals surface area contributed by atoms with Crippen molar-refractivity contribution in [2.24, 2.45) is 5.10 Å². The fourth-order valence-electron chi connectivity index (χ4n) is 1.99. The molecular formula is C17H17BrN2O3. The largest absolute Gasteiger partial charge is 0.508 e. The summed E-state index contributed by atoms with van der Waals surface area (Å²) in [6, 6.07) is 10.4. The number of benzene rings is 2. The van der Waals surface area contributed by atoms with Gasteiger partial charge in [0.15, 0.2) is 6.61 Å². The first-order chi connectivity index (χ1) is 11.0. The Morgan fingerprint density at radius 1 is 1.30 bits per heavy atom. The van der Waals surface area contributed by atoms with Crippen LogP contribution in [0.2, 0.25) is 0 Å². The molecule has 0 bridgehead atoms. The SMILES string of the molecule is Cc1cc(C)c(OCC(=O)N/N=C/c2ccc(O)cc2)c(Br)c1. The Morgan fingerprint density at radius 2 is 2.00 bits per heavy atom. The van der Waals surface area contributed by atoms with Gasteiger partial charge in [0, 0.05) is 0 Å². The van der Waals surface area contributed by atoms with Gasteiger partial charge < -0.3 is 9.84 Å². The zero-order valence-electron chi connectivity index (χ0n) is 12.8. The minimum atomic E-state index is -0.355. The Labute approximate surface area is 143 Å². The van der Waals surface area contributed by atoms with E-state index in [2.05, 4.69) is 26.5 Å². The molecule has 0 aromatic heterocycles. The van der Waals surface area contributed by atoms with Gasteiger partial charge in [-0.2, -0.15) is 5.10 Å². The van der Waals surface area contributed by atoms with Gasteiger partial charge in [-0.1, -0.05) is 6.07 Å². The van der Waals surface area contributed by atoms with Gasteiger partial charge in [-0.25, -0.2) is 5.43 Å². The lowest BCUT2D eigenvalue weighted by atomic mass is 10.1. The van der Waals surface area contributed by atoms with Crippen LogP contribution in [0.1, 0.15) is 16.7 Å². The van der Waals surface area contributed by atoms with Gasteiger partial charge in [-0.05, 0) is 76.8 Å². The highest BCUT2D eigenvalue weighted by Crippen LogP contribution is 2.30. The third-order valence-corrected chi connectivity index (χ3v) is 3.61. The zero-order chi connectivity index (χ0) is 16.8. The van der Waals surface area contributed by atoms with Crippen LogP contribution in [0.3, 0.4) is 0 Å². The number of carbonyl (C=O) groups excluding carboxylic acids is 1. The molecule has 0 aliphatic carbocycles. The van der Waals surface area contributed by atoms with Gasteiger partial charge in [-0.15, -0.1) is 0 Å². The van der Waals surface area contributed by atoms with Gasteiger partial charge in [0.05, 0.1) is 10.7 Å². The molecule has 0 fully saturated rings. The predicted octanol–water partition coefficient (Wildman–Crippen LogP) is 3.30. The summed E-state index contributed by atoms with van der Waals surface area (Å²) in [5, 5.41) is 13.0. The number of aryl methyl sites for hydroxylation is 2. The maximum atomic E-state index is 11.7. The third kappa shape index (κ3) is 5.10. The number of halogens is 1. The monoisotopic (exact) mass is 376 g/mol. The summed E-state index contributed by atoms with van der Waals surface area (Å²) >= 11 is 3.43. The molecule has 0 unspecified atom stereocenters. The molecule has 2 aromatic rings. The van der Waals surface area contributed by atoms with Crippen molar-refractivity contribution in [3.8, 4) is 11.5 Å². The highest BCUT2D eigenvalue weighted by molar-refractivity contribution is 9.10. The Hall–Kier alpha value is -2.34. The van der Waals surface area contributed by atoms with Crippen LogP contribution in [0.15, 0.2) is 46.0 Å². The maximum Gasteiger partial charge on any atom is 0.277 e. The summed E-state index contributed by atoms with van der Waals surface area (Å²) < 4.78 is 6.35. The smallest absolute Gasteiger partial charge is 0.277 e. The third-order valence-electron chi connectivity index (χ3n) is 3.02. The topological polar surface area (TPSA) is 70.9 Å². The summed E-state index contributed by atoms with van der Waals surface area (Å²) in [6.45, 7) is 3.79. The zero-order valence-corrected chi connectivity index (χ0v) is 14.4. The van der Waals surface area contributed by atoms with Gasteiger partial charge in [-0.3, -0.25) is 4.79 Å². The first kappa shape index (κ1) is 17.0. The first-order valence-corrected chi connectivity index (χ1v) is 7.75. The normalized spacial score (nSPS) is 10.7. The van der Waals surface area contributed by atoms with E-state index >= 15 is 0 Å². The van der Waals surface area contributed by atoms with Crippen molar-refractivity contribution >= 4 is 28.1 Å². The molecule has 2 aromatic carbocycles. The average molecular weight is 377 g/mol. The van der Waals surface area contributed by atoms with Crippen LogP contribution in [0.25, 0.3) is 0 Å². The molecule has 6 heteroatoms. The molecule has 2 rings (SSSR count).